The van der Waals surface area contributed by atoms with Gasteiger partial charge in [0, 0.05) is 37.1 Å². The molecule has 0 atom stereocenters. The van der Waals surface area contributed by atoms with Gasteiger partial charge >= 0.3 is 0 Å². The number of nitrogens with zero attached hydrogens (tertiary/aromatic N) is 2. The summed E-state index contributed by atoms with van der Waals surface area (Å²) in [5, 5.41) is 0.960. The quantitative estimate of drug-likeness (QED) is 0.551. The third-order valence-corrected chi connectivity index (χ3v) is 4.57. The van der Waals surface area contributed by atoms with Gasteiger partial charge in [-0.05, 0) is 47.6 Å². The first-order valence-electron chi connectivity index (χ1n) is 6.75. The van der Waals surface area contributed by atoms with Crippen molar-refractivity contribution >= 4 is 31.9 Å². The molecule has 2 nitrogen and oxygen atoms in total. The van der Waals surface area contributed by atoms with Gasteiger partial charge in [0.1, 0.15) is 11.6 Å². The molecular weight excluding hydrogens is 394 g/mol. The molecule has 1 aliphatic heterocycles. The summed E-state index contributed by atoms with van der Waals surface area (Å²) >= 11 is 6.56. The van der Waals surface area contributed by atoms with Gasteiger partial charge in [0.25, 0.3) is 0 Å². The highest BCUT2D eigenvalue weighted by Gasteiger charge is 2.19. The summed E-state index contributed by atoms with van der Waals surface area (Å²) < 4.78 is 28.1. The second kappa shape index (κ2) is 7.82. The Labute approximate surface area is 135 Å². The number of rotatable bonds is 4. The Hall–Kier alpha value is -0.0400. The summed E-state index contributed by atoms with van der Waals surface area (Å²) in [6, 6.07) is 2.73. The van der Waals surface area contributed by atoms with Crippen LogP contribution in [0.3, 0.4) is 0 Å². The van der Waals surface area contributed by atoms with Crippen molar-refractivity contribution in [2.75, 3.05) is 38.1 Å². The molecule has 1 saturated heterocycles. The molecule has 20 heavy (non-hydrogen) atoms. The zero-order valence-electron chi connectivity index (χ0n) is 11.2. The summed E-state index contributed by atoms with van der Waals surface area (Å²) in [6.45, 7) is 5.07. The van der Waals surface area contributed by atoms with E-state index in [2.05, 4.69) is 41.7 Å². The zero-order chi connectivity index (χ0) is 14.5. The molecule has 6 heteroatoms. The van der Waals surface area contributed by atoms with Gasteiger partial charge in [-0.1, -0.05) is 15.9 Å². The van der Waals surface area contributed by atoms with Gasteiger partial charge in [-0.25, -0.2) is 8.78 Å². The fourth-order valence-electron chi connectivity index (χ4n) is 2.46. The van der Waals surface area contributed by atoms with Crippen LogP contribution in [0.2, 0.25) is 0 Å². The number of halogens is 4. The SMILES string of the molecule is Fc1ccc(Br)c(F)c1CN1CCCN(CCBr)CC1. The third-order valence-electron chi connectivity index (χ3n) is 3.60. The van der Waals surface area contributed by atoms with Crippen LogP contribution in [-0.4, -0.2) is 47.9 Å². The smallest absolute Gasteiger partial charge is 0.144 e. The lowest BCUT2D eigenvalue weighted by molar-refractivity contribution is 0.253. The third kappa shape index (κ3) is 4.23. The van der Waals surface area contributed by atoms with Crippen LogP contribution in [0.15, 0.2) is 16.6 Å². The van der Waals surface area contributed by atoms with Crippen LogP contribution in [-0.2, 0) is 6.54 Å². The Morgan fingerprint density at radius 3 is 2.50 bits per heavy atom. The van der Waals surface area contributed by atoms with Crippen LogP contribution < -0.4 is 0 Å². The van der Waals surface area contributed by atoms with Gasteiger partial charge < -0.3 is 4.90 Å². The Bertz CT molecular complexity index is 457. The van der Waals surface area contributed by atoms with E-state index >= 15 is 0 Å². The largest absolute Gasteiger partial charge is 0.301 e. The van der Waals surface area contributed by atoms with E-state index in [1.807, 2.05) is 0 Å². The van der Waals surface area contributed by atoms with Crippen molar-refractivity contribution in [1.29, 1.82) is 0 Å². The van der Waals surface area contributed by atoms with Gasteiger partial charge in [-0.2, -0.15) is 0 Å². The molecule has 1 aromatic rings. The molecule has 2 rings (SSSR count). The van der Waals surface area contributed by atoms with Crippen LogP contribution in [0.25, 0.3) is 0 Å². The molecule has 1 aliphatic rings. The molecule has 0 spiro atoms. The summed E-state index contributed by atoms with van der Waals surface area (Å²) in [7, 11) is 0. The number of alkyl halides is 1. The molecular formula is C14H18Br2F2N2. The molecule has 0 aliphatic carbocycles. The highest BCUT2D eigenvalue weighted by atomic mass is 79.9. The number of hydrogen-bond acceptors (Lipinski definition) is 2. The maximum absolute atomic E-state index is 14.0. The normalized spacial score (nSPS) is 18.2. The molecule has 0 amide bonds. The van der Waals surface area contributed by atoms with Crippen molar-refractivity contribution in [3.8, 4) is 0 Å². The second-order valence-corrected chi connectivity index (χ2v) is 6.63. The van der Waals surface area contributed by atoms with Crippen LogP contribution in [0, 0.1) is 11.6 Å². The van der Waals surface area contributed by atoms with Crippen molar-refractivity contribution in [2.45, 2.75) is 13.0 Å². The molecule has 0 N–H and O–H groups in total. The lowest BCUT2D eigenvalue weighted by Crippen LogP contribution is -2.32. The number of benzene rings is 1. The molecule has 1 fully saturated rings. The highest BCUT2D eigenvalue weighted by Crippen LogP contribution is 2.23. The Kier molecular flexibility index (Phi) is 6.39. The summed E-state index contributed by atoms with van der Waals surface area (Å²) in [6.07, 6.45) is 1.03. The Morgan fingerprint density at radius 2 is 1.75 bits per heavy atom. The fraction of sp³-hybridized carbons (Fsp3) is 0.571. The first-order chi connectivity index (χ1) is 9.61. The molecule has 0 radical (unpaired) electrons. The monoisotopic (exact) mass is 410 g/mol. The Morgan fingerprint density at radius 1 is 1.05 bits per heavy atom. The molecule has 112 valence electrons. The minimum Gasteiger partial charge on any atom is -0.301 e. The summed E-state index contributed by atoms with van der Waals surface area (Å²) in [5.74, 6) is -0.946. The van der Waals surface area contributed by atoms with Crippen molar-refractivity contribution in [1.82, 2.24) is 9.80 Å². The van der Waals surface area contributed by atoms with Gasteiger partial charge in [-0.15, -0.1) is 0 Å². The van der Waals surface area contributed by atoms with Crippen LogP contribution in [0.4, 0.5) is 8.78 Å². The predicted octanol–water partition coefficient (Wildman–Crippen LogP) is 3.63. The maximum atomic E-state index is 14.0. The van der Waals surface area contributed by atoms with E-state index in [0.717, 1.165) is 44.5 Å². The van der Waals surface area contributed by atoms with Crippen LogP contribution >= 0.6 is 31.9 Å². The van der Waals surface area contributed by atoms with Gasteiger partial charge in [0.15, 0.2) is 0 Å². The van der Waals surface area contributed by atoms with Gasteiger partial charge in [0.05, 0.1) is 4.47 Å². The first kappa shape index (κ1) is 16.3. The average molecular weight is 412 g/mol. The van der Waals surface area contributed by atoms with E-state index in [1.165, 1.54) is 12.1 Å². The van der Waals surface area contributed by atoms with E-state index < -0.39 is 11.6 Å². The second-order valence-electron chi connectivity index (χ2n) is 4.98. The van der Waals surface area contributed by atoms with Gasteiger partial charge in [-0.3, -0.25) is 4.90 Å². The van der Waals surface area contributed by atoms with Crippen LogP contribution in [0.1, 0.15) is 12.0 Å². The average Bonchev–Trinajstić information content (AvgIpc) is 2.65. The zero-order valence-corrected chi connectivity index (χ0v) is 14.4. The number of hydrogen-bond donors (Lipinski definition) is 0. The van der Waals surface area contributed by atoms with E-state index in [9.17, 15) is 8.78 Å². The van der Waals surface area contributed by atoms with E-state index in [1.54, 1.807) is 0 Å². The van der Waals surface area contributed by atoms with Crippen molar-refractivity contribution in [3.05, 3.63) is 33.8 Å². The summed E-state index contributed by atoms with van der Waals surface area (Å²) in [4.78, 5) is 4.50. The molecule has 1 heterocycles. The minimum absolute atomic E-state index is 0.160. The lowest BCUT2D eigenvalue weighted by atomic mass is 10.2. The fourth-order valence-corrected chi connectivity index (χ4v) is 3.34. The highest BCUT2D eigenvalue weighted by molar-refractivity contribution is 9.10. The predicted molar refractivity (Wildman–Crippen MR) is 84.2 cm³/mol. The molecule has 0 bridgehead atoms. The van der Waals surface area contributed by atoms with Crippen molar-refractivity contribution in [2.24, 2.45) is 0 Å². The first-order valence-corrected chi connectivity index (χ1v) is 8.66. The van der Waals surface area contributed by atoms with Crippen LogP contribution in [0.5, 0.6) is 0 Å². The molecule has 1 aromatic carbocycles. The van der Waals surface area contributed by atoms with Crippen molar-refractivity contribution in [3.63, 3.8) is 0 Å². The molecule has 0 unspecified atom stereocenters. The lowest BCUT2D eigenvalue weighted by Gasteiger charge is -2.21. The Balaban J connectivity index is 2.02. The molecule has 0 aromatic heterocycles. The van der Waals surface area contributed by atoms with E-state index in [0.29, 0.717) is 11.0 Å². The minimum atomic E-state index is -0.480. The molecule has 0 saturated carbocycles. The standard InChI is InChI=1S/C14H18Br2F2N2/c15-4-7-19-5-1-6-20(9-8-19)10-11-13(17)3-2-12(16)14(11)18/h2-3H,1,4-10H2. The summed E-state index contributed by atoms with van der Waals surface area (Å²) in [5.41, 5.74) is 0.160. The van der Waals surface area contributed by atoms with Crippen molar-refractivity contribution < 1.29 is 8.78 Å². The maximum Gasteiger partial charge on any atom is 0.144 e. The van der Waals surface area contributed by atoms with E-state index in [4.69, 9.17) is 0 Å². The topological polar surface area (TPSA) is 6.48 Å². The van der Waals surface area contributed by atoms with Gasteiger partial charge in [0.2, 0.25) is 0 Å². The van der Waals surface area contributed by atoms with E-state index in [-0.39, 0.29) is 5.56 Å².